The summed E-state index contributed by atoms with van der Waals surface area (Å²) >= 11 is 3.39. The lowest BCUT2D eigenvalue weighted by molar-refractivity contribution is 0.303. The number of nitrogens with zero attached hydrogens (tertiary/aromatic N) is 1. The van der Waals surface area contributed by atoms with E-state index >= 15 is 0 Å². The van der Waals surface area contributed by atoms with Crippen LogP contribution in [-0.2, 0) is 6.61 Å². The van der Waals surface area contributed by atoms with E-state index < -0.39 is 0 Å². The van der Waals surface area contributed by atoms with Gasteiger partial charge < -0.3 is 10.5 Å². The highest BCUT2D eigenvalue weighted by Gasteiger charge is 2.04. The molecule has 0 radical (unpaired) electrons. The second-order valence-electron chi connectivity index (χ2n) is 4.27. The minimum absolute atomic E-state index is 0.497. The molecule has 0 aliphatic rings. The van der Waals surface area contributed by atoms with Crippen molar-refractivity contribution in [2.75, 3.05) is 5.73 Å². The average Bonchev–Trinajstić information content (AvgIpc) is 2.32. The Hall–Kier alpha value is -1.55. The normalized spacial score (nSPS) is 10.4. The molecule has 0 unspecified atom stereocenters. The fourth-order valence-corrected chi connectivity index (χ4v) is 2.08. The van der Waals surface area contributed by atoms with Gasteiger partial charge in [0.2, 0.25) is 0 Å². The van der Waals surface area contributed by atoms with Crippen molar-refractivity contribution in [3.05, 3.63) is 51.8 Å². The topological polar surface area (TPSA) is 48.1 Å². The van der Waals surface area contributed by atoms with Crippen LogP contribution in [0.1, 0.15) is 16.7 Å². The molecular weight excluding hydrogens is 292 g/mol. The first-order valence-electron chi connectivity index (χ1n) is 5.65. The molecule has 0 saturated carbocycles. The van der Waals surface area contributed by atoms with Crippen LogP contribution in [0.2, 0.25) is 0 Å². The van der Waals surface area contributed by atoms with Gasteiger partial charge in [0.15, 0.2) is 0 Å². The van der Waals surface area contributed by atoms with Gasteiger partial charge in [0.25, 0.3) is 0 Å². The predicted octanol–water partition coefficient (Wildman–Crippen LogP) is 3.62. The molecule has 1 aromatic carbocycles. The third-order valence-electron chi connectivity index (χ3n) is 2.72. The van der Waals surface area contributed by atoms with E-state index in [2.05, 4.69) is 20.9 Å². The van der Waals surface area contributed by atoms with E-state index in [1.807, 2.05) is 32.0 Å². The maximum atomic E-state index is 5.84. The van der Waals surface area contributed by atoms with Crippen molar-refractivity contribution in [1.82, 2.24) is 4.98 Å². The highest BCUT2D eigenvalue weighted by Crippen LogP contribution is 2.25. The predicted molar refractivity (Wildman–Crippen MR) is 76.6 cm³/mol. The number of ether oxygens (including phenoxy) is 1. The molecule has 94 valence electrons. The van der Waals surface area contributed by atoms with Gasteiger partial charge in [0, 0.05) is 28.1 Å². The molecule has 2 N–H and O–H groups in total. The lowest BCUT2D eigenvalue weighted by Crippen LogP contribution is -1.99. The number of aromatic nitrogens is 1. The second kappa shape index (κ2) is 5.40. The van der Waals surface area contributed by atoms with Crippen LogP contribution in [0.3, 0.4) is 0 Å². The number of pyridine rings is 1. The zero-order valence-corrected chi connectivity index (χ0v) is 12.0. The summed E-state index contributed by atoms with van der Waals surface area (Å²) in [6, 6.07) is 5.90. The smallest absolute Gasteiger partial charge is 0.123 e. The number of nitrogens with two attached hydrogens (primary N) is 1. The Morgan fingerprint density at radius 3 is 2.67 bits per heavy atom. The molecule has 0 aliphatic heterocycles. The average molecular weight is 307 g/mol. The Morgan fingerprint density at radius 2 is 1.94 bits per heavy atom. The highest BCUT2D eigenvalue weighted by atomic mass is 79.9. The Labute approximate surface area is 115 Å². The SMILES string of the molecule is Cc1cc(OCc2cncc(Br)c2)c(C)cc1N. The summed E-state index contributed by atoms with van der Waals surface area (Å²) < 4.78 is 6.75. The van der Waals surface area contributed by atoms with Crippen molar-refractivity contribution in [1.29, 1.82) is 0 Å². The Balaban J connectivity index is 2.13. The van der Waals surface area contributed by atoms with Crippen LogP contribution in [0.25, 0.3) is 0 Å². The Kier molecular flexibility index (Phi) is 3.87. The van der Waals surface area contributed by atoms with Gasteiger partial charge in [-0.15, -0.1) is 0 Å². The van der Waals surface area contributed by atoms with Gasteiger partial charge in [0.1, 0.15) is 12.4 Å². The number of benzene rings is 1. The summed E-state index contributed by atoms with van der Waals surface area (Å²) in [6.07, 6.45) is 3.55. The number of halogens is 1. The molecule has 0 aliphatic carbocycles. The fourth-order valence-electron chi connectivity index (χ4n) is 1.66. The van der Waals surface area contributed by atoms with Gasteiger partial charge in [-0.05, 0) is 59.1 Å². The van der Waals surface area contributed by atoms with E-state index in [-0.39, 0.29) is 0 Å². The van der Waals surface area contributed by atoms with Crippen LogP contribution in [0.5, 0.6) is 5.75 Å². The minimum Gasteiger partial charge on any atom is -0.489 e. The number of hydrogen-bond donors (Lipinski definition) is 1. The quantitative estimate of drug-likeness (QED) is 0.881. The van der Waals surface area contributed by atoms with Crippen LogP contribution in [0.15, 0.2) is 35.1 Å². The molecule has 0 saturated heterocycles. The summed E-state index contributed by atoms with van der Waals surface area (Å²) in [5, 5.41) is 0. The molecule has 1 heterocycles. The summed E-state index contributed by atoms with van der Waals surface area (Å²) in [7, 11) is 0. The van der Waals surface area contributed by atoms with Crippen molar-refractivity contribution < 1.29 is 4.74 Å². The Morgan fingerprint density at radius 1 is 1.17 bits per heavy atom. The molecule has 2 rings (SSSR count). The van der Waals surface area contributed by atoms with Crippen LogP contribution in [-0.4, -0.2) is 4.98 Å². The van der Waals surface area contributed by atoms with E-state index in [0.29, 0.717) is 6.61 Å². The van der Waals surface area contributed by atoms with Crippen molar-refractivity contribution in [2.45, 2.75) is 20.5 Å². The van der Waals surface area contributed by atoms with Crippen LogP contribution in [0, 0.1) is 13.8 Å². The number of nitrogen functional groups attached to an aromatic ring is 1. The van der Waals surface area contributed by atoms with Gasteiger partial charge in [0.05, 0.1) is 0 Å². The molecule has 3 nitrogen and oxygen atoms in total. The third-order valence-corrected chi connectivity index (χ3v) is 3.15. The van der Waals surface area contributed by atoms with E-state index in [1.54, 1.807) is 12.4 Å². The first-order chi connectivity index (χ1) is 8.56. The first kappa shape index (κ1) is 12.9. The van der Waals surface area contributed by atoms with Gasteiger partial charge in [-0.2, -0.15) is 0 Å². The van der Waals surface area contributed by atoms with E-state index in [1.165, 1.54) is 0 Å². The maximum Gasteiger partial charge on any atom is 0.123 e. The fraction of sp³-hybridized carbons (Fsp3) is 0.214. The van der Waals surface area contributed by atoms with Gasteiger partial charge in [-0.1, -0.05) is 0 Å². The third kappa shape index (κ3) is 3.01. The molecule has 0 atom stereocenters. The molecule has 18 heavy (non-hydrogen) atoms. The maximum absolute atomic E-state index is 5.84. The molecule has 0 spiro atoms. The minimum atomic E-state index is 0.497. The van der Waals surface area contributed by atoms with Crippen LogP contribution in [0.4, 0.5) is 5.69 Å². The summed E-state index contributed by atoms with van der Waals surface area (Å²) in [5.74, 6) is 0.863. The standard InChI is InChI=1S/C14H15BrN2O/c1-9-4-14(10(2)3-13(9)16)18-8-11-5-12(15)7-17-6-11/h3-7H,8,16H2,1-2H3. The first-order valence-corrected chi connectivity index (χ1v) is 6.44. The molecule has 0 bridgehead atoms. The molecular formula is C14H15BrN2O. The van der Waals surface area contributed by atoms with Crippen molar-refractivity contribution in [2.24, 2.45) is 0 Å². The summed E-state index contributed by atoms with van der Waals surface area (Å²) in [4.78, 5) is 4.10. The van der Waals surface area contributed by atoms with Gasteiger partial charge in [-0.25, -0.2) is 0 Å². The lowest BCUT2D eigenvalue weighted by Gasteiger charge is -2.11. The Bertz CT molecular complexity index is 570. The molecule has 1 aromatic heterocycles. The van der Waals surface area contributed by atoms with E-state index in [9.17, 15) is 0 Å². The van der Waals surface area contributed by atoms with Crippen LogP contribution < -0.4 is 10.5 Å². The molecule has 0 amide bonds. The van der Waals surface area contributed by atoms with Gasteiger partial charge in [-0.3, -0.25) is 4.98 Å². The van der Waals surface area contributed by atoms with E-state index in [4.69, 9.17) is 10.5 Å². The second-order valence-corrected chi connectivity index (χ2v) is 5.19. The number of aryl methyl sites for hydroxylation is 2. The van der Waals surface area contributed by atoms with Gasteiger partial charge >= 0.3 is 0 Å². The summed E-state index contributed by atoms with van der Waals surface area (Å²) in [6.45, 7) is 4.46. The number of hydrogen-bond acceptors (Lipinski definition) is 3. The molecule has 4 heteroatoms. The zero-order valence-electron chi connectivity index (χ0n) is 10.4. The van der Waals surface area contributed by atoms with Crippen LogP contribution >= 0.6 is 15.9 Å². The largest absolute Gasteiger partial charge is 0.489 e. The molecule has 0 fully saturated rings. The summed E-state index contributed by atoms with van der Waals surface area (Å²) in [5.41, 5.74) is 9.74. The number of rotatable bonds is 3. The van der Waals surface area contributed by atoms with Crippen molar-refractivity contribution >= 4 is 21.6 Å². The number of anilines is 1. The van der Waals surface area contributed by atoms with Crippen molar-refractivity contribution in [3.63, 3.8) is 0 Å². The monoisotopic (exact) mass is 306 g/mol. The highest BCUT2D eigenvalue weighted by molar-refractivity contribution is 9.10. The molecule has 2 aromatic rings. The zero-order chi connectivity index (χ0) is 13.1. The van der Waals surface area contributed by atoms with E-state index in [0.717, 1.165) is 32.6 Å². The lowest BCUT2D eigenvalue weighted by atomic mass is 10.1. The van der Waals surface area contributed by atoms with Crippen molar-refractivity contribution in [3.8, 4) is 5.75 Å².